The smallest absolute Gasteiger partial charge is 0.341 e. The first-order valence-electron chi connectivity index (χ1n) is 7.70. The third-order valence-electron chi connectivity index (χ3n) is 3.54. The number of phenols is 1. The van der Waals surface area contributed by atoms with Crippen LogP contribution in [0.2, 0.25) is 0 Å². The normalized spacial score (nSPS) is 14.5. The fourth-order valence-electron chi connectivity index (χ4n) is 2.30. The Hall–Kier alpha value is -1.83. The van der Waals surface area contributed by atoms with Gasteiger partial charge in [-0.05, 0) is 19.1 Å². The number of amides is 1. The van der Waals surface area contributed by atoms with E-state index in [1.54, 1.807) is 13.0 Å². The number of ether oxygens (including phenoxy) is 2. The Morgan fingerprint density at radius 2 is 2.04 bits per heavy atom. The summed E-state index contributed by atoms with van der Waals surface area (Å²) < 4.78 is 10.1. The van der Waals surface area contributed by atoms with Gasteiger partial charge < -0.3 is 19.9 Å². The second kappa shape index (κ2) is 10.1. The number of halogens is 1. The predicted octanol–water partition coefficient (Wildman–Crippen LogP) is 1.65. The monoisotopic (exact) mass is 358 g/mol. The van der Waals surface area contributed by atoms with Crippen molar-refractivity contribution < 1.29 is 24.2 Å². The van der Waals surface area contributed by atoms with Gasteiger partial charge in [0.05, 0.1) is 19.8 Å². The molecule has 24 heavy (non-hydrogen) atoms. The Balaban J connectivity index is 0.00000288. The van der Waals surface area contributed by atoms with Gasteiger partial charge in [-0.25, -0.2) is 4.79 Å². The Bertz CT molecular complexity index is 561. The van der Waals surface area contributed by atoms with E-state index in [-0.39, 0.29) is 36.2 Å². The standard InChI is InChI=1S/C16H22N2O5.ClH/c1-2-23-16(21)13-4-3-12(11-14(13)19)17-15(20)5-6-18-7-9-22-10-8-18;/h3-4,11,19H,2,5-10H2,1H3,(H,17,20);1H. The fraction of sp³-hybridized carbons (Fsp3) is 0.500. The van der Waals surface area contributed by atoms with E-state index in [1.165, 1.54) is 12.1 Å². The lowest BCUT2D eigenvalue weighted by Gasteiger charge is -2.26. The van der Waals surface area contributed by atoms with Crippen molar-refractivity contribution in [2.24, 2.45) is 0 Å². The van der Waals surface area contributed by atoms with Crippen molar-refractivity contribution in [3.8, 4) is 5.75 Å². The van der Waals surface area contributed by atoms with Crippen molar-refractivity contribution in [3.05, 3.63) is 23.8 Å². The van der Waals surface area contributed by atoms with Crippen LogP contribution in [0, 0.1) is 0 Å². The van der Waals surface area contributed by atoms with Gasteiger partial charge in [0, 0.05) is 37.8 Å². The summed E-state index contributed by atoms with van der Waals surface area (Å²) in [4.78, 5) is 25.7. The summed E-state index contributed by atoms with van der Waals surface area (Å²) in [5.41, 5.74) is 0.528. The molecule has 0 aliphatic carbocycles. The lowest BCUT2D eigenvalue weighted by molar-refractivity contribution is -0.116. The average Bonchev–Trinajstić information content (AvgIpc) is 2.54. The number of hydrogen-bond acceptors (Lipinski definition) is 6. The van der Waals surface area contributed by atoms with Gasteiger partial charge >= 0.3 is 5.97 Å². The largest absolute Gasteiger partial charge is 0.507 e. The maximum Gasteiger partial charge on any atom is 0.341 e. The van der Waals surface area contributed by atoms with E-state index in [0.29, 0.717) is 31.9 Å². The first kappa shape index (κ1) is 20.2. The highest BCUT2D eigenvalue weighted by atomic mass is 35.5. The number of carbonyl (C=O) groups is 2. The van der Waals surface area contributed by atoms with Crippen LogP contribution < -0.4 is 5.32 Å². The summed E-state index contributed by atoms with van der Waals surface area (Å²) in [6.07, 6.45) is 0.361. The van der Waals surface area contributed by atoms with E-state index in [9.17, 15) is 14.7 Å². The average molecular weight is 359 g/mol. The maximum absolute atomic E-state index is 11.9. The van der Waals surface area contributed by atoms with E-state index < -0.39 is 5.97 Å². The van der Waals surface area contributed by atoms with Crippen LogP contribution in [0.5, 0.6) is 5.75 Å². The molecule has 1 aliphatic rings. The van der Waals surface area contributed by atoms with Gasteiger partial charge in [-0.15, -0.1) is 12.4 Å². The molecule has 0 atom stereocenters. The van der Waals surface area contributed by atoms with Gasteiger partial charge in [-0.2, -0.15) is 0 Å². The predicted molar refractivity (Wildman–Crippen MR) is 91.8 cm³/mol. The van der Waals surface area contributed by atoms with Gasteiger partial charge in [0.1, 0.15) is 11.3 Å². The number of phenolic OH excluding ortho intramolecular Hbond substituents is 1. The fourth-order valence-corrected chi connectivity index (χ4v) is 2.30. The molecule has 1 heterocycles. The highest BCUT2D eigenvalue weighted by Gasteiger charge is 2.15. The number of anilines is 1. The highest BCUT2D eigenvalue weighted by Crippen LogP contribution is 2.23. The van der Waals surface area contributed by atoms with Gasteiger partial charge in [0.2, 0.25) is 5.91 Å². The number of nitrogens with zero attached hydrogens (tertiary/aromatic N) is 1. The summed E-state index contributed by atoms with van der Waals surface area (Å²) in [5.74, 6) is -0.940. The molecule has 1 aliphatic heterocycles. The van der Waals surface area contributed by atoms with Crippen molar-refractivity contribution in [1.82, 2.24) is 4.90 Å². The van der Waals surface area contributed by atoms with Gasteiger partial charge in [-0.3, -0.25) is 9.69 Å². The molecular weight excluding hydrogens is 336 g/mol. The molecule has 7 nitrogen and oxygen atoms in total. The summed E-state index contributed by atoms with van der Waals surface area (Å²) in [5, 5.41) is 12.6. The topological polar surface area (TPSA) is 88.1 Å². The van der Waals surface area contributed by atoms with E-state index >= 15 is 0 Å². The second-order valence-corrected chi connectivity index (χ2v) is 5.20. The third-order valence-corrected chi connectivity index (χ3v) is 3.54. The zero-order chi connectivity index (χ0) is 16.7. The molecule has 0 unspecified atom stereocenters. The molecule has 1 amide bonds. The Morgan fingerprint density at radius 3 is 2.67 bits per heavy atom. The molecule has 0 bridgehead atoms. The maximum atomic E-state index is 11.9. The molecule has 2 N–H and O–H groups in total. The molecule has 1 aromatic rings. The van der Waals surface area contributed by atoms with Crippen LogP contribution in [0.3, 0.4) is 0 Å². The molecule has 8 heteroatoms. The van der Waals surface area contributed by atoms with E-state index in [4.69, 9.17) is 9.47 Å². The number of carbonyl (C=O) groups excluding carboxylic acids is 2. The lowest BCUT2D eigenvalue weighted by Crippen LogP contribution is -2.38. The number of rotatable bonds is 6. The zero-order valence-corrected chi connectivity index (χ0v) is 14.4. The molecular formula is C16H23ClN2O5. The van der Waals surface area contributed by atoms with Crippen LogP contribution in [0.15, 0.2) is 18.2 Å². The second-order valence-electron chi connectivity index (χ2n) is 5.20. The Kier molecular flexibility index (Phi) is 8.53. The number of morpholine rings is 1. The first-order valence-corrected chi connectivity index (χ1v) is 7.70. The summed E-state index contributed by atoms with van der Waals surface area (Å²) in [6, 6.07) is 4.35. The van der Waals surface area contributed by atoms with Crippen molar-refractivity contribution in [2.45, 2.75) is 13.3 Å². The van der Waals surface area contributed by atoms with Crippen molar-refractivity contribution >= 4 is 30.0 Å². The number of esters is 1. The van der Waals surface area contributed by atoms with Crippen LogP contribution in [0.4, 0.5) is 5.69 Å². The third kappa shape index (κ3) is 5.99. The molecule has 2 rings (SSSR count). The summed E-state index contributed by atoms with van der Waals surface area (Å²) in [7, 11) is 0. The molecule has 1 saturated heterocycles. The number of benzene rings is 1. The molecule has 0 saturated carbocycles. The number of aromatic hydroxyl groups is 1. The summed E-state index contributed by atoms with van der Waals surface area (Å²) >= 11 is 0. The highest BCUT2D eigenvalue weighted by molar-refractivity contribution is 5.95. The van der Waals surface area contributed by atoms with E-state index in [0.717, 1.165) is 13.1 Å². The van der Waals surface area contributed by atoms with Crippen molar-refractivity contribution in [2.75, 3.05) is 44.8 Å². The lowest BCUT2D eigenvalue weighted by atomic mass is 10.2. The molecule has 0 aromatic heterocycles. The molecule has 1 fully saturated rings. The minimum Gasteiger partial charge on any atom is -0.507 e. The van der Waals surface area contributed by atoms with Gasteiger partial charge in [-0.1, -0.05) is 0 Å². The van der Waals surface area contributed by atoms with E-state index in [2.05, 4.69) is 10.2 Å². The molecule has 134 valence electrons. The van der Waals surface area contributed by atoms with Crippen LogP contribution in [-0.4, -0.2) is 61.3 Å². The number of hydrogen-bond donors (Lipinski definition) is 2. The Morgan fingerprint density at radius 1 is 1.33 bits per heavy atom. The zero-order valence-electron chi connectivity index (χ0n) is 13.6. The quantitative estimate of drug-likeness (QED) is 0.752. The minimum atomic E-state index is -0.588. The molecule has 0 spiro atoms. The minimum absolute atomic E-state index is 0. The summed E-state index contributed by atoms with van der Waals surface area (Å²) in [6.45, 7) is 5.67. The number of nitrogens with one attached hydrogen (secondary N) is 1. The van der Waals surface area contributed by atoms with Gasteiger partial charge in [0.25, 0.3) is 0 Å². The molecule has 1 aromatic carbocycles. The van der Waals surface area contributed by atoms with Crippen LogP contribution in [0.25, 0.3) is 0 Å². The van der Waals surface area contributed by atoms with Crippen LogP contribution in [-0.2, 0) is 14.3 Å². The van der Waals surface area contributed by atoms with Crippen molar-refractivity contribution in [3.63, 3.8) is 0 Å². The molecule has 0 radical (unpaired) electrons. The van der Waals surface area contributed by atoms with Crippen LogP contribution >= 0.6 is 12.4 Å². The van der Waals surface area contributed by atoms with E-state index in [1.807, 2.05) is 0 Å². The first-order chi connectivity index (χ1) is 11.1. The van der Waals surface area contributed by atoms with Crippen LogP contribution in [0.1, 0.15) is 23.7 Å². The Labute approximate surface area is 147 Å². The SMILES string of the molecule is CCOC(=O)c1ccc(NC(=O)CCN2CCOCC2)cc1O.Cl. The van der Waals surface area contributed by atoms with Crippen molar-refractivity contribution in [1.29, 1.82) is 0 Å². The van der Waals surface area contributed by atoms with Gasteiger partial charge in [0.15, 0.2) is 0 Å².